The number of carbonyl (C=O) groups excluding carboxylic acids is 1. The summed E-state index contributed by atoms with van der Waals surface area (Å²) in [6, 6.07) is 6.87. The zero-order valence-electron chi connectivity index (χ0n) is 11.3. The third-order valence-corrected chi connectivity index (χ3v) is 3.57. The number of hydrogen-bond donors (Lipinski definition) is 1. The maximum absolute atomic E-state index is 12.0. The normalized spacial score (nSPS) is 19.8. The summed E-state index contributed by atoms with van der Waals surface area (Å²) in [5, 5.41) is 9.24. The predicted octanol–water partition coefficient (Wildman–Crippen LogP) is 2.78. The smallest absolute Gasteiger partial charge is 0.326 e. The van der Waals surface area contributed by atoms with E-state index in [1.165, 1.54) is 10.5 Å². The largest absolute Gasteiger partial charge is 0.480 e. The number of carbonyl (C=O) groups is 2. The number of rotatable bonds is 3. The van der Waals surface area contributed by atoms with Gasteiger partial charge in [-0.2, -0.15) is 0 Å². The van der Waals surface area contributed by atoms with E-state index in [9.17, 15) is 14.7 Å². The fourth-order valence-electron chi connectivity index (χ4n) is 2.45. The number of anilines is 1. The number of carboxylic acid groups (broad SMARTS) is 1. The van der Waals surface area contributed by atoms with Gasteiger partial charge in [-0.25, -0.2) is 4.79 Å². The first kappa shape index (κ1) is 13.6. The van der Waals surface area contributed by atoms with Gasteiger partial charge in [-0.3, -0.25) is 9.69 Å². The molecule has 1 fully saturated rings. The van der Waals surface area contributed by atoms with Crippen molar-refractivity contribution in [3.63, 3.8) is 0 Å². The van der Waals surface area contributed by atoms with Crippen LogP contribution in [0.5, 0.6) is 0 Å². The Morgan fingerprint density at radius 2 is 1.95 bits per heavy atom. The number of nitrogens with zero attached hydrogens (tertiary/aromatic N) is 1. The molecule has 0 bridgehead atoms. The van der Waals surface area contributed by atoms with E-state index in [0.717, 1.165) is 0 Å². The monoisotopic (exact) mass is 261 g/mol. The molecular formula is C15H19NO3. The molecule has 1 aliphatic heterocycles. The predicted molar refractivity (Wildman–Crippen MR) is 73.3 cm³/mol. The van der Waals surface area contributed by atoms with E-state index in [4.69, 9.17) is 0 Å². The molecule has 0 aromatic heterocycles. The highest BCUT2D eigenvalue weighted by atomic mass is 16.4. The molecule has 1 unspecified atom stereocenters. The summed E-state index contributed by atoms with van der Waals surface area (Å²) in [5.74, 6) is -0.613. The first-order chi connectivity index (χ1) is 9.00. The Hall–Kier alpha value is -1.84. The second kappa shape index (κ2) is 5.43. The quantitative estimate of drug-likeness (QED) is 0.910. The molecule has 1 aromatic carbocycles. The molecule has 102 valence electrons. The summed E-state index contributed by atoms with van der Waals surface area (Å²) in [5.41, 5.74) is 1.86. The van der Waals surface area contributed by atoms with Gasteiger partial charge in [0, 0.05) is 12.1 Å². The lowest BCUT2D eigenvalue weighted by molar-refractivity contribution is -0.141. The van der Waals surface area contributed by atoms with Gasteiger partial charge in [-0.15, -0.1) is 0 Å². The number of carboxylic acids is 1. The molecule has 2 rings (SSSR count). The highest BCUT2D eigenvalue weighted by Crippen LogP contribution is 2.27. The van der Waals surface area contributed by atoms with Crippen LogP contribution in [0.15, 0.2) is 24.3 Å². The van der Waals surface area contributed by atoms with Crippen molar-refractivity contribution in [1.29, 1.82) is 0 Å². The molecule has 0 aliphatic carbocycles. The lowest BCUT2D eigenvalue weighted by Gasteiger charge is -2.33. The maximum Gasteiger partial charge on any atom is 0.326 e. The average molecular weight is 261 g/mol. The molecular weight excluding hydrogens is 242 g/mol. The minimum Gasteiger partial charge on any atom is -0.480 e. The molecule has 4 heteroatoms. The number of benzene rings is 1. The third-order valence-electron chi connectivity index (χ3n) is 3.57. The third kappa shape index (κ3) is 2.78. The standard InChI is InChI=1S/C15H19NO3/c1-10(2)11-6-8-12(9-7-11)16-13(15(18)19)4-3-5-14(16)17/h6-10,13H,3-5H2,1-2H3,(H,18,19). The highest BCUT2D eigenvalue weighted by molar-refractivity contribution is 6.00. The van der Waals surface area contributed by atoms with Gasteiger partial charge in [-0.1, -0.05) is 26.0 Å². The molecule has 19 heavy (non-hydrogen) atoms. The Morgan fingerprint density at radius 3 is 2.47 bits per heavy atom. The average Bonchev–Trinajstić information content (AvgIpc) is 2.38. The van der Waals surface area contributed by atoms with Gasteiger partial charge in [0.2, 0.25) is 5.91 Å². The molecule has 1 amide bonds. The van der Waals surface area contributed by atoms with Crippen LogP contribution in [0, 0.1) is 0 Å². The molecule has 1 N–H and O–H groups in total. The topological polar surface area (TPSA) is 57.6 Å². The van der Waals surface area contributed by atoms with Gasteiger partial charge in [-0.05, 0) is 36.5 Å². The summed E-state index contributed by atoms with van der Waals surface area (Å²) in [6.45, 7) is 4.20. The molecule has 1 atom stereocenters. The lowest BCUT2D eigenvalue weighted by Crippen LogP contribution is -2.48. The van der Waals surface area contributed by atoms with E-state index in [0.29, 0.717) is 30.9 Å². The number of hydrogen-bond acceptors (Lipinski definition) is 2. The van der Waals surface area contributed by atoms with Crippen LogP contribution in [-0.2, 0) is 9.59 Å². The number of piperidine rings is 1. The van der Waals surface area contributed by atoms with Crippen LogP contribution in [0.3, 0.4) is 0 Å². The van der Waals surface area contributed by atoms with Crippen molar-refractivity contribution >= 4 is 17.6 Å². The molecule has 0 radical (unpaired) electrons. The Balaban J connectivity index is 2.30. The highest BCUT2D eigenvalue weighted by Gasteiger charge is 2.34. The van der Waals surface area contributed by atoms with Crippen molar-refractivity contribution in [3.8, 4) is 0 Å². The van der Waals surface area contributed by atoms with E-state index < -0.39 is 12.0 Å². The molecule has 1 aromatic rings. The SMILES string of the molecule is CC(C)c1ccc(N2C(=O)CCCC2C(=O)O)cc1. The van der Waals surface area contributed by atoms with Crippen molar-refractivity contribution in [2.24, 2.45) is 0 Å². The Kier molecular flexibility index (Phi) is 3.88. The van der Waals surface area contributed by atoms with Crippen LogP contribution in [0.4, 0.5) is 5.69 Å². The second-order valence-electron chi connectivity index (χ2n) is 5.26. The molecule has 0 spiro atoms. The van der Waals surface area contributed by atoms with Crippen LogP contribution < -0.4 is 4.90 Å². The van der Waals surface area contributed by atoms with Gasteiger partial charge in [0.25, 0.3) is 0 Å². The van der Waals surface area contributed by atoms with Crippen LogP contribution >= 0.6 is 0 Å². The first-order valence-corrected chi connectivity index (χ1v) is 6.65. The summed E-state index contributed by atoms with van der Waals surface area (Å²) < 4.78 is 0. The number of aliphatic carboxylic acids is 1. The fourth-order valence-corrected chi connectivity index (χ4v) is 2.45. The maximum atomic E-state index is 12.0. The first-order valence-electron chi connectivity index (χ1n) is 6.65. The van der Waals surface area contributed by atoms with E-state index in [-0.39, 0.29) is 5.91 Å². The van der Waals surface area contributed by atoms with Gasteiger partial charge in [0.1, 0.15) is 6.04 Å². The Morgan fingerprint density at radius 1 is 1.32 bits per heavy atom. The van der Waals surface area contributed by atoms with Crippen LogP contribution in [0.25, 0.3) is 0 Å². The minimum absolute atomic E-state index is 0.101. The zero-order valence-corrected chi connectivity index (χ0v) is 11.3. The molecule has 1 heterocycles. The van der Waals surface area contributed by atoms with Crippen molar-refractivity contribution in [2.45, 2.75) is 45.1 Å². The summed E-state index contributed by atoms with van der Waals surface area (Å²) in [7, 11) is 0. The van der Waals surface area contributed by atoms with E-state index >= 15 is 0 Å². The number of amides is 1. The summed E-state index contributed by atoms with van der Waals surface area (Å²) in [4.78, 5) is 24.7. The summed E-state index contributed by atoms with van der Waals surface area (Å²) >= 11 is 0. The second-order valence-corrected chi connectivity index (χ2v) is 5.26. The Bertz CT molecular complexity index is 479. The fraction of sp³-hybridized carbons (Fsp3) is 0.467. The Labute approximate surface area is 113 Å². The van der Waals surface area contributed by atoms with Gasteiger partial charge < -0.3 is 5.11 Å². The van der Waals surface area contributed by atoms with Crippen LogP contribution in [0.2, 0.25) is 0 Å². The van der Waals surface area contributed by atoms with Gasteiger partial charge in [0.15, 0.2) is 0 Å². The molecule has 4 nitrogen and oxygen atoms in total. The van der Waals surface area contributed by atoms with E-state index in [1.54, 1.807) is 0 Å². The van der Waals surface area contributed by atoms with Crippen molar-refractivity contribution in [3.05, 3.63) is 29.8 Å². The minimum atomic E-state index is -0.930. The van der Waals surface area contributed by atoms with Gasteiger partial charge in [0.05, 0.1) is 0 Å². The molecule has 0 saturated carbocycles. The molecule has 1 aliphatic rings. The molecule has 1 saturated heterocycles. The summed E-state index contributed by atoms with van der Waals surface area (Å²) in [6.07, 6.45) is 1.60. The van der Waals surface area contributed by atoms with Crippen molar-refractivity contribution in [1.82, 2.24) is 0 Å². The zero-order chi connectivity index (χ0) is 14.0. The van der Waals surface area contributed by atoms with E-state index in [2.05, 4.69) is 13.8 Å². The van der Waals surface area contributed by atoms with Crippen molar-refractivity contribution in [2.75, 3.05) is 4.90 Å². The van der Waals surface area contributed by atoms with E-state index in [1.807, 2.05) is 24.3 Å². The van der Waals surface area contributed by atoms with Gasteiger partial charge >= 0.3 is 5.97 Å². The van der Waals surface area contributed by atoms with Crippen LogP contribution in [0.1, 0.15) is 44.6 Å². The lowest BCUT2D eigenvalue weighted by atomic mass is 9.99. The van der Waals surface area contributed by atoms with Crippen molar-refractivity contribution < 1.29 is 14.7 Å². The van der Waals surface area contributed by atoms with Crippen LogP contribution in [-0.4, -0.2) is 23.0 Å².